The molecule has 0 fully saturated rings. The SMILES string of the molecule is O=C(O)/C=C/c1ccc(CC(=O)CCl)cc1. The first-order valence-corrected chi connectivity index (χ1v) is 5.23. The molecule has 4 heteroatoms. The van der Waals surface area contributed by atoms with Crippen LogP contribution in [0, 0.1) is 0 Å². The van der Waals surface area contributed by atoms with E-state index in [1.165, 1.54) is 6.08 Å². The van der Waals surface area contributed by atoms with Gasteiger partial charge in [-0.05, 0) is 17.2 Å². The summed E-state index contributed by atoms with van der Waals surface area (Å²) in [6.45, 7) is 0. The lowest BCUT2D eigenvalue weighted by Gasteiger charge is -1.99. The quantitative estimate of drug-likeness (QED) is 0.632. The first kappa shape index (κ1) is 12.5. The molecule has 1 rings (SSSR count). The molecule has 0 aromatic heterocycles. The number of aliphatic carboxylic acids is 1. The number of benzene rings is 1. The molecule has 16 heavy (non-hydrogen) atoms. The number of hydrogen-bond acceptors (Lipinski definition) is 2. The molecule has 0 heterocycles. The van der Waals surface area contributed by atoms with Crippen molar-refractivity contribution < 1.29 is 14.7 Å². The second-order valence-electron chi connectivity index (χ2n) is 3.26. The number of halogens is 1. The van der Waals surface area contributed by atoms with E-state index in [1.807, 2.05) is 0 Å². The summed E-state index contributed by atoms with van der Waals surface area (Å²) in [7, 11) is 0. The van der Waals surface area contributed by atoms with Crippen LogP contribution in [0.15, 0.2) is 30.3 Å². The molecule has 84 valence electrons. The molecule has 1 N–H and O–H groups in total. The molecule has 0 aliphatic rings. The van der Waals surface area contributed by atoms with E-state index in [9.17, 15) is 9.59 Å². The summed E-state index contributed by atoms with van der Waals surface area (Å²) in [6, 6.07) is 7.09. The first-order chi connectivity index (χ1) is 7.61. The van der Waals surface area contributed by atoms with Gasteiger partial charge in [-0.15, -0.1) is 11.6 Å². The van der Waals surface area contributed by atoms with Crippen molar-refractivity contribution in [3.8, 4) is 0 Å². The zero-order chi connectivity index (χ0) is 12.0. The highest BCUT2D eigenvalue weighted by molar-refractivity contribution is 6.27. The number of carboxylic acids is 1. The van der Waals surface area contributed by atoms with Crippen molar-refractivity contribution in [2.24, 2.45) is 0 Å². The van der Waals surface area contributed by atoms with Crippen molar-refractivity contribution >= 4 is 29.4 Å². The van der Waals surface area contributed by atoms with Crippen LogP contribution in [-0.4, -0.2) is 22.7 Å². The van der Waals surface area contributed by atoms with Crippen molar-refractivity contribution in [1.82, 2.24) is 0 Å². The van der Waals surface area contributed by atoms with Crippen molar-refractivity contribution in [2.75, 3.05) is 5.88 Å². The Bertz CT molecular complexity index is 407. The molecule has 0 aliphatic heterocycles. The van der Waals surface area contributed by atoms with Crippen LogP contribution in [0.2, 0.25) is 0 Å². The van der Waals surface area contributed by atoms with Gasteiger partial charge in [-0.3, -0.25) is 4.79 Å². The average molecular weight is 239 g/mol. The van der Waals surface area contributed by atoms with Gasteiger partial charge in [-0.1, -0.05) is 24.3 Å². The number of ketones is 1. The van der Waals surface area contributed by atoms with Gasteiger partial charge in [0, 0.05) is 12.5 Å². The largest absolute Gasteiger partial charge is 0.478 e. The van der Waals surface area contributed by atoms with E-state index in [-0.39, 0.29) is 11.7 Å². The molecule has 0 bridgehead atoms. The van der Waals surface area contributed by atoms with Crippen LogP contribution in [0.1, 0.15) is 11.1 Å². The van der Waals surface area contributed by atoms with Crippen LogP contribution in [0.25, 0.3) is 6.08 Å². The summed E-state index contributed by atoms with van der Waals surface area (Å²) in [4.78, 5) is 21.3. The highest BCUT2D eigenvalue weighted by atomic mass is 35.5. The fourth-order valence-corrected chi connectivity index (χ4v) is 1.28. The van der Waals surface area contributed by atoms with Crippen molar-refractivity contribution in [3.05, 3.63) is 41.5 Å². The Morgan fingerprint density at radius 2 is 1.88 bits per heavy atom. The average Bonchev–Trinajstić information content (AvgIpc) is 2.28. The molecule has 3 nitrogen and oxygen atoms in total. The molecule has 0 spiro atoms. The Hall–Kier alpha value is -1.61. The van der Waals surface area contributed by atoms with Crippen molar-refractivity contribution in [2.45, 2.75) is 6.42 Å². The van der Waals surface area contributed by atoms with E-state index in [2.05, 4.69) is 0 Å². The molecule has 1 aromatic carbocycles. The first-order valence-electron chi connectivity index (χ1n) is 4.69. The molecule has 0 amide bonds. The van der Waals surface area contributed by atoms with E-state index in [0.717, 1.165) is 17.2 Å². The van der Waals surface area contributed by atoms with Crippen molar-refractivity contribution in [1.29, 1.82) is 0 Å². The summed E-state index contributed by atoms with van der Waals surface area (Å²) in [5.74, 6) is -1.00. The maximum atomic E-state index is 11.1. The summed E-state index contributed by atoms with van der Waals surface area (Å²) in [5, 5.41) is 8.43. The van der Waals surface area contributed by atoms with Gasteiger partial charge in [0.05, 0.1) is 5.88 Å². The lowest BCUT2D eigenvalue weighted by molar-refractivity contribution is -0.131. The lowest BCUT2D eigenvalue weighted by atomic mass is 10.1. The molecule has 1 aromatic rings. The minimum absolute atomic E-state index is 0.0146. The number of Topliss-reactive ketones (excluding diaryl/α,β-unsaturated/α-hetero) is 1. The molecule has 0 unspecified atom stereocenters. The van der Waals surface area contributed by atoms with Gasteiger partial charge in [0.1, 0.15) is 0 Å². The Labute approximate surface area is 98.4 Å². The van der Waals surface area contributed by atoms with Gasteiger partial charge in [0.2, 0.25) is 0 Å². The molecule has 0 saturated heterocycles. The topological polar surface area (TPSA) is 54.4 Å². The van der Waals surface area contributed by atoms with Crippen LogP contribution < -0.4 is 0 Å². The van der Waals surface area contributed by atoms with Crippen molar-refractivity contribution in [3.63, 3.8) is 0 Å². The zero-order valence-corrected chi connectivity index (χ0v) is 9.28. The minimum atomic E-state index is -0.985. The summed E-state index contributed by atoms with van der Waals surface area (Å²) >= 11 is 5.39. The fourth-order valence-electron chi connectivity index (χ4n) is 1.19. The Balaban J connectivity index is 2.68. The smallest absolute Gasteiger partial charge is 0.328 e. The Morgan fingerprint density at radius 3 is 2.38 bits per heavy atom. The van der Waals surface area contributed by atoms with E-state index in [0.29, 0.717) is 6.42 Å². The number of carbonyl (C=O) groups is 2. The highest BCUT2D eigenvalue weighted by Gasteiger charge is 2.01. The van der Waals surface area contributed by atoms with Gasteiger partial charge in [-0.2, -0.15) is 0 Å². The highest BCUT2D eigenvalue weighted by Crippen LogP contribution is 2.07. The molecular formula is C12H11ClO3. The predicted octanol–water partition coefficient (Wildman–Crippen LogP) is 2.13. The van der Waals surface area contributed by atoms with Gasteiger partial charge >= 0.3 is 5.97 Å². The third kappa shape index (κ3) is 4.28. The molecule has 0 aliphatic carbocycles. The maximum absolute atomic E-state index is 11.1. The monoisotopic (exact) mass is 238 g/mol. The van der Waals surface area contributed by atoms with E-state index in [1.54, 1.807) is 24.3 Å². The Kier molecular flexibility index (Phi) is 4.73. The van der Waals surface area contributed by atoms with Crippen LogP contribution in [0.3, 0.4) is 0 Å². The zero-order valence-electron chi connectivity index (χ0n) is 8.52. The number of rotatable bonds is 5. The van der Waals surface area contributed by atoms with Crippen LogP contribution >= 0.6 is 11.6 Å². The van der Waals surface area contributed by atoms with Gasteiger partial charge < -0.3 is 5.11 Å². The summed E-state index contributed by atoms with van der Waals surface area (Å²) in [5.41, 5.74) is 1.66. The third-order valence-electron chi connectivity index (χ3n) is 1.95. The second-order valence-corrected chi connectivity index (χ2v) is 3.53. The fraction of sp³-hybridized carbons (Fsp3) is 0.167. The van der Waals surface area contributed by atoms with E-state index >= 15 is 0 Å². The predicted molar refractivity (Wildman–Crippen MR) is 62.5 cm³/mol. The van der Waals surface area contributed by atoms with Crippen LogP contribution in [0.5, 0.6) is 0 Å². The molecule has 0 atom stereocenters. The van der Waals surface area contributed by atoms with Crippen LogP contribution in [0.4, 0.5) is 0 Å². The standard InChI is InChI=1S/C12H11ClO3/c13-8-11(14)7-10-3-1-9(2-4-10)5-6-12(15)16/h1-6H,7-8H2,(H,15,16)/b6-5+. The minimum Gasteiger partial charge on any atom is -0.478 e. The van der Waals surface area contributed by atoms with Gasteiger partial charge in [0.15, 0.2) is 5.78 Å². The van der Waals surface area contributed by atoms with E-state index < -0.39 is 5.97 Å². The molecule has 0 radical (unpaired) electrons. The lowest BCUT2D eigenvalue weighted by Crippen LogP contribution is -2.03. The number of carbonyl (C=O) groups excluding carboxylic acids is 1. The van der Waals surface area contributed by atoms with Gasteiger partial charge in [-0.25, -0.2) is 4.79 Å². The normalized spacial score (nSPS) is 10.6. The Morgan fingerprint density at radius 1 is 1.25 bits per heavy atom. The third-order valence-corrected chi connectivity index (χ3v) is 2.25. The van der Waals surface area contributed by atoms with Gasteiger partial charge in [0.25, 0.3) is 0 Å². The maximum Gasteiger partial charge on any atom is 0.328 e. The molecule has 0 saturated carbocycles. The number of hydrogen-bond donors (Lipinski definition) is 1. The number of carboxylic acid groups (broad SMARTS) is 1. The van der Waals surface area contributed by atoms with Crippen LogP contribution in [-0.2, 0) is 16.0 Å². The van der Waals surface area contributed by atoms with E-state index in [4.69, 9.17) is 16.7 Å². The molecular weight excluding hydrogens is 228 g/mol. The second kappa shape index (κ2) is 6.08. The summed E-state index contributed by atoms with van der Waals surface area (Å²) < 4.78 is 0. The summed E-state index contributed by atoms with van der Waals surface area (Å²) in [6.07, 6.45) is 2.88. The number of alkyl halides is 1.